The monoisotopic (exact) mass is 222 g/mol. The van der Waals surface area contributed by atoms with E-state index < -0.39 is 17.4 Å². The van der Waals surface area contributed by atoms with E-state index in [1.54, 1.807) is 13.0 Å². The number of aromatic nitrogens is 1. The molecule has 0 amide bonds. The Morgan fingerprint density at radius 3 is 2.88 bits per heavy atom. The fourth-order valence-electron chi connectivity index (χ4n) is 1.02. The van der Waals surface area contributed by atoms with Crippen molar-refractivity contribution in [3.63, 3.8) is 0 Å². The highest BCUT2D eigenvalue weighted by Crippen LogP contribution is 2.16. The van der Waals surface area contributed by atoms with Crippen molar-refractivity contribution in [1.29, 1.82) is 0 Å². The van der Waals surface area contributed by atoms with E-state index in [1.165, 1.54) is 18.5 Å². The highest BCUT2D eigenvalue weighted by Gasteiger charge is 2.18. The maximum atomic E-state index is 11.2. The van der Waals surface area contributed by atoms with Crippen LogP contribution in [-0.2, 0) is 9.53 Å². The standard InChI is InChI=1S/C10H10N2O4/c1-2-16-10(14)8(12-15)9(13)7-4-3-5-11-6-7/h3-6,13H,2H2,1H3/b9-8+. The third kappa shape index (κ3) is 2.63. The van der Waals surface area contributed by atoms with Gasteiger partial charge in [-0.05, 0) is 24.2 Å². The summed E-state index contributed by atoms with van der Waals surface area (Å²) >= 11 is 0. The molecule has 1 N–H and O–H groups in total. The van der Waals surface area contributed by atoms with Gasteiger partial charge in [0, 0.05) is 18.0 Å². The topological polar surface area (TPSA) is 88.8 Å². The van der Waals surface area contributed by atoms with Gasteiger partial charge in [-0.15, -0.1) is 4.91 Å². The molecule has 1 aromatic rings. The van der Waals surface area contributed by atoms with Crippen molar-refractivity contribution in [3.05, 3.63) is 40.7 Å². The minimum atomic E-state index is -0.959. The number of aliphatic hydroxyl groups excluding tert-OH is 1. The average Bonchev–Trinajstić information content (AvgIpc) is 2.31. The Kier molecular flexibility index (Phi) is 4.14. The molecule has 0 unspecified atom stereocenters. The number of carbonyl (C=O) groups excluding carboxylic acids is 1. The molecule has 84 valence electrons. The van der Waals surface area contributed by atoms with E-state index in [9.17, 15) is 14.8 Å². The molecular weight excluding hydrogens is 212 g/mol. The molecule has 0 atom stereocenters. The number of ether oxygens (including phenoxy) is 1. The summed E-state index contributed by atoms with van der Waals surface area (Å²) in [5, 5.41) is 12.1. The highest BCUT2D eigenvalue weighted by atomic mass is 16.5. The Morgan fingerprint density at radius 1 is 1.62 bits per heavy atom. The van der Waals surface area contributed by atoms with Crippen LogP contribution in [0.2, 0.25) is 0 Å². The smallest absolute Gasteiger partial charge is 0.364 e. The maximum Gasteiger partial charge on any atom is 0.364 e. The number of hydrogen-bond donors (Lipinski definition) is 1. The molecule has 0 saturated carbocycles. The second kappa shape index (κ2) is 5.59. The molecule has 0 aliphatic rings. The summed E-state index contributed by atoms with van der Waals surface area (Å²) < 4.78 is 4.57. The Labute approximate surface area is 91.6 Å². The Morgan fingerprint density at radius 2 is 2.38 bits per heavy atom. The van der Waals surface area contributed by atoms with Gasteiger partial charge in [0.25, 0.3) is 0 Å². The van der Waals surface area contributed by atoms with Crippen LogP contribution in [-0.4, -0.2) is 22.7 Å². The number of pyridine rings is 1. The van der Waals surface area contributed by atoms with Crippen LogP contribution < -0.4 is 0 Å². The second-order valence-corrected chi connectivity index (χ2v) is 2.75. The predicted octanol–water partition coefficient (Wildman–Crippen LogP) is 1.64. The lowest BCUT2D eigenvalue weighted by Gasteiger charge is -2.03. The van der Waals surface area contributed by atoms with Crippen LogP contribution in [0.3, 0.4) is 0 Å². The summed E-state index contributed by atoms with van der Waals surface area (Å²) in [5.74, 6) is -1.50. The first-order valence-electron chi connectivity index (χ1n) is 4.54. The average molecular weight is 222 g/mol. The van der Waals surface area contributed by atoms with Crippen molar-refractivity contribution < 1.29 is 14.6 Å². The quantitative estimate of drug-likeness (QED) is 0.362. The lowest BCUT2D eigenvalue weighted by Crippen LogP contribution is -2.08. The summed E-state index contributed by atoms with van der Waals surface area (Å²) in [7, 11) is 0. The van der Waals surface area contributed by atoms with Crippen LogP contribution in [0.5, 0.6) is 0 Å². The van der Waals surface area contributed by atoms with Crippen molar-refractivity contribution in [3.8, 4) is 0 Å². The van der Waals surface area contributed by atoms with Gasteiger partial charge in [0.15, 0.2) is 5.76 Å². The van der Waals surface area contributed by atoms with E-state index in [1.807, 2.05) is 0 Å². The molecule has 1 aromatic heterocycles. The van der Waals surface area contributed by atoms with Crippen LogP contribution in [0.25, 0.3) is 5.76 Å². The zero-order chi connectivity index (χ0) is 12.0. The van der Waals surface area contributed by atoms with Crippen LogP contribution in [0.1, 0.15) is 12.5 Å². The molecule has 16 heavy (non-hydrogen) atoms. The molecule has 0 saturated heterocycles. The third-order valence-electron chi connectivity index (χ3n) is 1.72. The second-order valence-electron chi connectivity index (χ2n) is 2.75. The summed E-state index contributed by atoms with van der Waals surface area (Å²) in [5.41, 5.74) is -0.431. The number of hydrogen-bond acceptors (Lipinski definition) is 6. The van der Waals surface area contributed by atoms with Crippen molar-refractivity contribution in [1.82, 2.24) is 4.98 Å². The lowest BCUT2D eigenvalue weighted by atomic mass is 10.2. The van der Waals surface area contributed by atoms with Crippen LogP contribution in [0, 0.1) is 4.91 Å². The normalized spacial score (nSPS) is 11.6. The number of carbonyl (C=O) groups is 1. The fraction of sp³-hybridized carbons (Fsp3) is 0.200. The number of aliphatic hydroxyl groups is 1. The van der Waals surface area contributed by atoms with Crippen molar-refractivity contribution in [2.45, 2.75) is 6.92 Å². The molecule has 1 heterocycles. The van der Waals surface area contributed by atoms with Gasteiger partial charge in [-0.1, -0.05) is 0 Å². The Bertz CT molecular complexity index is 414. The van der Waals surface area contributed by atoms with E-state index in [2.05, 4.69) is 14.9 Å². The summed E-state index contributed by atoms with van der Waals surface area (Å²) in [6.07, 6.45) is 2.80. The molecule has 0 fully saturated rings. The molecule has 0 bridgehead atoms. The first kappa shape index (κ1) is 11.8. The molecule has 0 spiro atoms. The van der Waals surface area contributed by atoms with E-state index >= 15 is 0 Å². The largest absolute Gasteiger partial charge is 0.505 e. The van der Waals surface area contributed by atoms with Crippen molar-refractivity contribution >= 4 is 11.7 Å². The Balaban J connectivity index is 3.09. The van der Waals surface area contributed by atoms with Crippen LogP contribution >= 0.6 is 0 Å². The van der Waals surface area contributed by atoms with E-state index in [0.29, 0.717) is 0 Å². The minimum absolute atomic E-state index is 0.0954. The molecule has 0 radical (unpaired) electrons. The Hall–Kier alpha value is -2.24. The van der Waals surface area contributed by atoms with Gasteiger partial charge in [-0.3, -0.25) is 4.98 Å². The number of esters is 1. The fourth-order valence-corrected chi connectivity index (χ4v) is 1.02. The van der Waals surface area contributed by atoms with Crippen LogP contribution in [0.15, 0.2) is 35.4 Å². The summed E-state index contributed by atoms with van der Waals surface area (Å²) in [6.45, 7) is 1.68. The van der Waals surface area contributed by atoms with Gasteiger partial charge >= 0.3 is 5.97 Å². The lowest BCUT2D eigenvalue weighted by molar-refractivity contribution is -0.138. The van der Waals surface area contributed by atoms with Gasteiger partial charge in [-0.2, -0.15) is 0 Å². The zero-order valence-electron chi connectivity index (χ0n) is 8.58. The van der Waals surface area contributed by atoms with E-state index in [-0.39, 0.29) is 12.2 Å². The van der Waals surface area contributed by atoms with Crippen LogP contribution in [0.4, 0.5) is 0 Å². The molecule has 6 nitrogen and oxygen atoms in total. The summed E-state index contributed by atoms with van der Waals surface area (Å²) in [4.78, 5) is 25.4. The number of nitrogens with zero attached hydrogens (tertiary/aromatic N) is 2. The van der Waals surface area contributed by atoms with E-state index in [4.69, 9.17) is 0 Å². The van der Waals surface area contributed by atoms with Gasteiger partial charge in [-0.25, -0.2) is 4.79 Å². The highest BCUT2D eigenvalue weighted by molar-refractivity contribution is 5.95. The van der Waals surface area contributed by atoms with Gasteiger partial charge in [0.1, 0.15) is 0 Å². The van der Waals surface area contributed by atoms with Crippen molar-refractivity contribution in [2.24, 2.45) is 5.18 Å². The zero-order valence-corrected chi connectivity index (χ0v) is 8.58. The number of rotatable bonds is 4. The molecule has 1 rings (SSSR count). The van der Waals surface area contributed by atoms with Gasteiger partial charge < -0.3 is 9.84 Å². The molecule has 0 aliphatic carbocycles. The molecule has 0 aliphatic heterocycles. The first-order chi connectivity index (χ1) is 7.70. The first-order valence-corrected chi connectivity index (χ1v) is 4.54. The van der Waals surface area contributed by atoms with E-state index in [0.717, 1.165) is 0 Å². The van der Waals surface area contributed by atoms with Crippen molar-refractivity contribution in [2.75, 3.05) is 6.61 Å². The predicted molar refractivity (Wildman–Crippen MR) is 56.2 cm³/mol. The minimum Gasteiger partial charge on any atom is -0.505 e. The van der Waals surface area contributed by atoms with Gasteiger partial charge in [0.2, 0.25) is 5.70 Å². The molecular formula is C10H10N2O4. The van der Waals surface area contributed by atoms with Gasteiger partial charge in [0.05, 0.1) is 6.61 Å². The SMILES string of the molecule is CCOC(=O)/C(N=O)=C(\O)c1cccnc1. The number of nitroso groups, excluding NO2 is 1. The molecule has 6 heteroatoms. The maximum absolute atomic E-state index is 11.2. The third-order valence-corrected chi connectivity index (χ3v) is 1.72. The summed E-state index contributed by atoms with van der Waals surface area (Å²) in [6, 6.07) is 3.05. The molecule has 0 aromatic carbocycles.